The van der Waals surface area contributed by atoms with Crippen LogP contribution in [0.15, 0.2) is 97.3 Å². The van der Waals surface area contributed by atoms with Gasteiger partial charge in [-0.05, 0) is 106 Å². The minimum absolute atomic E-state index is 0.0173. The number of rotatable bonds is 4. The predicted octanol–water partition coefficient (Wildman–Crippen LogP) is 8.12. The number of benzene rings is 2. The summed E-state index contributed by atoms with van der Waals surface area (Å²) in [6.07, 6.45) is 3.95. The lowest BCUT2D eigenvalue weighted by atomic mass is 10.0. The molecule has 43 heavy (non-hydrogen) atoms. The van der Waals surface area contributed by atoms with Gasteiger partial charge in [0.05, 0.1) is 11.0 Å². The molecule has 0 aliphatic carbocycles. The molecule has 0 spiro atoms. The number of aryl methyl sites for hydroxylation is 5. The maximum absolute atomic E-state index is 12.4. The van der Waals surface area contributed by atoms with E-state index in [1.165, 1.54) is 23.4 Å². The molecule has 6 heteroatoms. The summed E-state index contributed by atoms with van der Waals surface area (Å²) in [5.41, 5.74) is 9.55. The number of aromatic nitrogens is 4. The van der Waals surface area contributed by atoms with Gasteiger partial charge in [0.15, 0.2) is 11.6 Å². The highest BCUT2D eigenvalue weighted by Gasteiger charge is 2.11. The number of carbonyl (C=O) groups excluding carboxylic acids is 2. The molecule has 4 aromatic heterocycles. The summed E-state index contributed by atoms with van der Waals surface area (Å²) in [6, 6.07) is 27.3. The van der Waals surface area contributed by atoms with Crippen molar-refractivity contribution >= 4 is 33.4 Å². The van der Waals surface area contributed by atoms with E-state index in [2.05, 4.69) is 58.0 Å². The number of fused-ring (bicyclic) bond motifs is 2. The van der Waals surface area contributed by atoms with Gasteiger partial charge in [-0.1, -0.05) is 35.4 Å². The van der Waals surface area contributed by atoms with Crippen LogP contribution >= 0.6 is 0 Å². The fraction of sp³-hybridized carbons (Fsp3) is 0.189. The maximum atomic E-state index is 12.4. The Balaban J connectivity index is 0.000000163. The lowest BCUT2D eigenvalue weighted by molar-refractivity contribution is 0.0985. The summed E-state index contributed by atoms with van der Waals surface area (Å²) < 4.78 is 0. The molecule has 0 atom stereocenters. The number of carbonyl (C=O) groups is 2. The molecule has 6 rings (SSSR count). The molecule has 0 aliphatic heterocycles. The molecule has 0 radical (unpaired) electrons. The van der Waals surface area contributed by atoms with Crippen LogP contribution in [0.4, 0.5) is 0 Å². The van der Waals surface area contributed by atoms with Crippen molar-refractivity contribution in [3.63, 3.8) is 0 Å². The highest BCUT2D eigenvalue weighted by atomic mass is 16.1. The van der Waals surface area contributed by atoms with Gasteiger partial charge in [0.2, 0.25) is 0 Å². The Labute approximate surface area is 252 Å². The van der Waals surface area contributed by atoms with Crippen molar-refractivity contribution in [2.45, 2.75) is 48.0 Å². The van der Waals surface area contributed by atoms with Crippen molar-refractivity contribution in [1.82, 2.24) is 19.9 Å². The molecule has 0 saturated heterocycles. The third kappa shape index (κ3) is 8.46. The second-order valence-electron chi connectivity index (χ2n) is 10.6. The Bertz CT molecular complexity index is 1910. The molecule has 0 N–H and O–H groups in total. The maximum Gasteiger partial charge on any atom is 0.185 e. The van der Waals surface area contributed by atoms with E-state index < -0.39 is 0 Å². The normalized spacial score (nSPS) is 10.4. The zero-order valence-corrected chi connectivity index (χ0v) is 25.6. The highest BCUT2D eigenvalue weighted by Crippen LogP contribution is 2.20. The lowest BCUT2D eigenvalue weighted by Gasteiger charge is -2.06. The van der Waals surface area contributed by atoms with E-state index >= 15 is 0 Å². The lowest BCUT2D eigenvalue weighted by Crippen LogP contribution is -2.07. The van der Waals surface area contributed by atoms with Gasteiger partial charge >= 0.3 is 0 Å². The minimum atomic E-state index is 0.0173. The van der Waals surface area contributed by atoms with Crippen LogP contribution in [0, 0.1) is 34.6 Å². The summed E-state index contributed by atoms with van der Waals surface area (Å²) in [5, 5.41) is 2.30. The van der Waals surface area contributed by atoms with Crippen molar-refractivity contribution in [3.05, 3.63) is 142 Å². The van der Waals surface area contributed by atoms with E-state index in [-0.39, 0.29) is 11.6 Å². The Hall–Kier alpha value is -5.10. The van der Waals surface area contributed by atoms with Crippen molar-refractivity contribution < 1.29 is 9.59 Å². The van der Waals surface area contributed by atoms with Gasteiger partial charge in [-0.3, -0.25) is 29.5 Å². The van der Waals surface area contributed by atoms with Gasteiger partial charge in [-0.25, -0.2) is 0 Å². The number of hydrogen-bond acceptors (Lipinski definition) is 6. The van der Waals surface area contributed by atoms with Gasteiger partial charge in [-0.2, -0.15) is 0 Å². The molecule has 2 aromatic carbocycles. The zero-order valence-electron chi connectivity index (χ0n) is 25.6. The predicted molar refractivity (Wildman–Crippen MR) is 174 cm³/mol. The van der Waals surface area contributed by atoms with Gasteiger partial charge in [0.25, 0.3) is 0 Å². The first-order chi connectivity index (χ1) is 20.6. The molecule has 0 bridgehead atoms. The number of hydrogen-bond donors (Lipinski definition) is 0. The molecule has 0 fully saturated rings. The van der Waals surface area contributed by atoms with E-state index in [4.69, 9.17) is 0 Å². The smallest absolute Gasteiger partial charge is 0.185 e. The van der Waals surface area contributed by atoms with Crippen molar-refractivity contribution in [1.29, 1.82) is 0 Å². The first-order valence-electron chi connectivity index (χ1n) is 14.2. The van der Waals surface area contributed by atoms with Gasteiger partial charge in [0.1, 0.15) is 11.4 Å². The summed E-state index contributed by atoms with van der Waals surface area (Å²) in [7, 11) is 0. The zero-order chi connectivity index (χ0) is 30.9. The van der Waals surface area contributed by atoms with Crippen LogP contribution in [0.1, 0.15) is 61.5 Å². The Morgan fingerprint density at radius 3 is 1.72 bits per heavy atom. The Morgan fingerprint density at radius 2 is 1.14 bits per heavy atom. The third-order valence-corrected chi connectivity index (χ3v) is 6.88. The molecule has 6 aromatic rings. The fourth-order valence-corrected chi connectivity index (χ4v) is 4.57. The van der Waals surface area contributed by atoms with Crippen LogP contribution < -0.4 is 0 Å². The van der Waals surface area contributed by atoms with Crippen LogP contribution in [0.3, 0.4) is 0 Å². The van der Waals surface area contributed by atoms with Gasteiger partial charge in [0, 0.05) is 47.9 Å². The van der Waals surface area contributed by atoms with Crippen molar-refractivity contribution in [2.24, 2.45) is 0 Å². The molecule has 0 unspecified atom stereocenters. The third-order valence-electron chi connectivity index (χ3n) is 6.88. The standard InChI is InChI=1S/C18H16N2O.C11H11N.C8H9NO/c1-12-6-7-16-15(10-12)14(8-9-19-16)11-18(21)17-5-3-4-13(2)20-17;1-8-3-4-11-10(7-8)9(2)5-6-12-11;1-6-4-3-5-8(9-6)7(2)10/h3-10H,11H2,1-2H3;3-7H,1-2H3;3-5H,1-2H3. The van der Waals surface area contributed by atoms with E-state index in [1.54, 1.807) is 18.3 Å². The summed E-state index contributed by atoms with van der Waals surface area (Å²) in [5.74, 6) is 0.0522. The van der Waals surface area contributed by atoms with Crippen LogP contribution in [0.2, 0.25) is 0 Å². The van der Waals surface area contributed by atoms with Crippen molar-refractivity contribution in [3.8, 4) is 0 Å². The first kappa shape index (κ1) is 30.8. The topological polar surface area (TPSA) is 85.7 Å². The number of nitrogens with zero attached hydrogens (tertiary/aromatic N) is 4. The van der Waals surface area contributed by atoms with Crippen LogP contribution in [-0.2, 0) is 6.42 Å². The monoisotopic (exact) mass is 568 g/mol. The van der Waals surface area contributed by atoms with E-state index in [0.29, 0.717) is 17.8 Å². The molecule has 0 amide bonds. The first-order valence-corrected chi connectivity index (χ1v) is 14.2. The van der Waals surface area contributed by atoms with E-state index in [0.717, 1.165) is 38.9 Å². The molecule has 0 aliphatic rings. The van der Waals surface area contributed by atoms with E-state index in [1.807, 2.05) is 75.5 Å². The van der Waals surface area contributed by atoms with Crippen molar-refractivity contribution in [2.75, 3.05) is 0 Å². The summed E-state index contributed by atoms with van der Waals surface area (Å²) in [4.78, 5) is 40.1. The van der Waals surface area contributed by atoms with Gasteiger partial charge in [-0.15, -0.1) is 0 Å². The SMILES string of the molecule is CC(=O)c1cccc(C)n1.Cc1ccc2nccc(C)c2c1.Cc1ccc2nccc(CC(=O)c3cccc(C)n3)c2c1. The largest absolute Gasteiger partial charge is 0.293 e. The minimum Gasteiger partial charge on any atom is -0.293 e. The van der Waals surface area contributed by atoms with Crippen LogP contribution in [0.5, 0.6) is 0 Å². The average molecular weight is 569 g/mol. The fourth-order valence-electron chi connectivity index (χ4n) is 4.57. The summed E-state index contributed by atoms with van der Waals surface area (Å²) in [6.45, 7) is 11.5. The molecule has 0 saturated carbocycles. The molecule has 6 nitrogen and oxygen atoms in total. The van der Waals surface area contributed by atoms with Crippen LogP contribution in [-0.4, -0.2) is 31.5 Å². The number of ketones is 2. The van der Waals surface area contributed by atoms with Gasteiger partial charge < -0.3 is 0 Å². The highest BCUT2D eigenvalue weighted by molar-refractivity contribution is 5.98. The Morgan fingerprint density at radius 1 is 0.605 bits per heavy atom. The number of Topliss-reactive ketones (excluding diaryl/α,β-unsaturated/α-hetero) is 2. The second kappa shape index (κ2) is 14.2. The average Bonchev–Trinajstić information content (AvgIpc) is 2.98. The Kier molecular flexibility index (Phi) is 10.2. The molecule has 4 heterocycles. The molecular weight excluding hydrogens is 532 g/mol. The molecule has 216 valence electrons. The summed E-state index contributed by atoms with van der Waals surface area (Å²) >= 11 is 0. The second-order valence-corrected chi connectivity index (χ2v) is 10.6. The van der Waals surface area contributed by atoms with Crippen LogP contribution in [0.25, 0.3) is 21.8 Å². The van der Waals surface area contributed by atoms with E-state index in [9.17, 15) is 9.59 Å². The quantitative estimate of drug-likeness (QED) is 0.200. The molecular formula is C37H36N4O2. The number of pyridine rings is 4.